The fourth-order valence-corrected chi connectivity index (χ4v) is 4.88. The molecule has 33 heavy (non-hydrogen) atoms. The molecule has 5 rings (SSSR count). The number of carboxylic acid groups (broad SMARTS) is 1. The van der Waals surface area contributed by atoms with Crippen LogP contribution in [0.5, 0.6) is 0 Å². The van der Waals surface area contributed by atoms with Gasteiger partial charge in [-0.2, -0.15) is 0 Å². The quantitative estimate of drug-likeness (QED) is 0.452. The molecular weight excluding hydrogens is 441 g/mol. The van der Waals surface area contributed by atoms with Crippen molar-refractivity contribution in [2.45, 2.75) is 6.10 Å². The van der Waals surface area contributed by atoms with Crippen LogP contribution in [0.2, 0.25) is 0 Å². The summed E-state index contributed by atoms with van der Waals surface area (Å²) in [6.07, 6.45) is 2.65. The number of morpholine rings is 1. The number of aromatic nitrogens is 2. The molecule has 0 aliphatic carbocycles. The zero-order valence-electron chi connectivity index (χ0n) is 17.5. The Hall–Kier alpha value is -3.62. The van der Waals surface area contributed by atoms with Crippen LogP contribution in [0.3, 0.4) is 0 Å². The number of halogens is 1. The molecule has 8 heteroatoms. The Kier molecular flexibility index (Phi) is 5.85. The normalized spacial score (nSPS) is 16.0. The molecule has 1 atom stereocenters. The molecule has 1 aliphatic heterocycles. The van der Waals surface area contributed by atoms with E-state index >= 15 is 0 Å². The highest BCUT2D eigenvalue weighted by Gasteiger charge is 2.29. The van der Waals surface area contributed by atoms with Crippen molar-refractivity contribution >= 4 is 22.4 Å². The monoisotopic (exact) mass is 461 g/mol. The first-order valence-corrected chi connectivity index (χ1v) is 11.3. The lowest BCUT2D eigenvalue weighted by molar-refractivity contribution is -0.150. The number of aliphatic carboxylic acids is 1. The third kappa shape index (κ3) is 4.48. The van der Waals surface area contributed by atoms with E-state index in [1.807, 2.05) is 41.3 Å². The third-order valence-corrected chi connectivity index (χ3v) is 6.65. The minimum atomic E-state index is -0.972. The van der Waals surface area contributed by atoms with Crippen molar-refractivity contribution in [3.63, 3.8) is 0 Å². The molecule has 1 N–H and O–H groups in total. The van der Waals surface area contributed by atoms with E-state index in [4.69, 9.17) is 9.72 Å². The van der Waals surface area contributed by atoms with Crippen LogP contribution in [-0.2, 0) is 9.53 Å². The molecule has 0 amide bonds. The van der Waals surface area contributed by atoms with Crippen LogP contribution in [0.4, 0.5) is 9.52 Å². The second-order valence-electron chi connectivity index (χ2n) is 7.64. The largest absolute Gasteiger partial charge is 0.479 e. The fourth-order valence-electron chi connectivity index (χ4n) is 3.77. The SMILES string of the molecule is O=C(O)C1CN(c2nc(-c3ccc(-c4ccc(F)cc4)cc3)c(-c3cccnc3)s2)CCO1. The molecule has 6 nitrogen and oxygen atoms in total. The van der Waals surface area contributed by atoms with Gasteiger partial charge < -0.3 is 14.7 Å². The molecule has 1 aliphatic rings. The van der Waals surface area contributed by atoms with Gasteiger partial charge in [0.1, 0.15) is 5.82 Å². The number of ether oxygens (including phenoxy) is 1. The maximum Gasteiger partial charge on any atom is 0.334 e. The number of benzene rings is 2. The molecular formula is C25H20FN3O3S. The van der Waals surface area contributed by atoms with E-state index in [-0.39, 0.29) is 12.4 Å². The minimum absolute atomic E-state index is 0.248. The van der Waals surface area contributed by atoms with E-state index in [1.165, 1.54) is 23.5 Å². The Morgan fingerprint density at radius 3 is 2.39 bits per heavy atom. The van der Waals surface area contributed by atoms with Gasteiger partial charge in [0.15, 0.2) is 11.2 Å². The maximum absolute atomic E-state index is 13.3. The Balaban J connectivity index is 1.52. The average Bonchev–Trinajstić information content (AvgIpc) is 3.31. The van der Waals surface area contributed by atoms with Gasteiger partial charge in [-0.3, -0.25) is 4.98 Å². The summed E-state index contributed by atoms with van der Waals surface area (Å²) in [5.41, 5.74) is 4.61. The van der Waals surface area contributed by atoms with Crippen LogP contribution in [0.15, 0.2) is 73.1 Å². The predicted octanol–water partition coefficient (Wildman–Crippen LogP) is 4.97. The Labute approximate surface area is 193 Å². The van der Waals surface area contributed by atoms with Gasteiger partial charge in [0.2, 0.25) is 0 Å². The van der Waals surface area contributed by atoms with E-state index in [0.29, 0.717) is 13.2 Å². The van der Waals surface area contributed by atoms with Gasteiger partial charge in [-0.05, 0) is 29.3 Å². The molecule has 2 aromatic carbocycles. The molecule has 1 fully saturated rings. The van der Waals surface area contributed by atoms with Crippen LogP contribution in [0.25, 0.3) is 32.8 Å². The summed E-state index contributed by atoms with van der Waals surface area (Å²) in [6, 6.07) is 18.2. The second-order valence-corrected chi connectivity index (χ2v) is 8.62. The molecule has 0 saturated carbocycles. The van der Waals surface area contributed by atoms with Gasteiger partial charge in [-0.15, -0.1) is 0 Å². The number of carboxylic acids is 1. The second kappa shape index (κ2) is 9.09. The molecule has 166 valence electrons. The number of thiazole rings is 1. The maximum atomic E-state index is 13.3. The number of hydrogen-bond acceptors (Lipinski definition) is 6. The van der Waals surface area contributed by atoms with Crippen LogP contribution >= 0.6 is 11.3 Å². The fraction of sp³-hybridized carbons (Fsp3) is 0.160. The summed E-state index contributed by atoms with van der Waals surface area (Å²) in [5.74, 6) is -1.24. The number of anilines is 1. The Morgan fingerprint density at radius 2 is 1.73 bits per heavy atom. The van der Waals surface area contributed by atoms with Gasteiger partial charge in [0, 0.05) is 30.1 Å². The van der Waals surface area contributed by atoms with E-state index in [1.54, 1.807) is 24.5 Å². The zero-order chi connectivity index (χ0) is 22.8. The predicted molar refractivity (Wildman–Crippen MR) is 126 cm³/mol. The van der Waals surface area contributed by atoms with Crippen LogP contribution in [0.1, 0.15) is 0 Å². The highest BCUT2D eigenvalue weighted by atomic mass is 32.1. The van der Waals surface area contributed by atoms with Crippen molar-refractivity contribution in [1.29, 1.82) is 0 Å². The summed E-state index contributed by atoms with van der Waals surface area (Å²) in [5, 5.41) is 10.1. The zero-order valence-corrected chi connectivity index (χ0v) is 18.3. The van der Waals surface area contributed by atoms with E-state index < -0.39 is 12.1 Å². The van der Waals surface area contributed by atoms with Crippen molar-refractivity contribution in [3.05, 3.63) is 78.9 Å². The van der Waals surface area contributed by atoms with Gasteiger partial charge in [0.05, 0.1) is 23.7 Å². The van der Waals surface area contributed by atoms with E-state index in [2.05, 4.69) is 4.98 Å². The first kappa shape index (κ1) is 21.2. The van der Waals surface area contributed by atoms with Gasteiger partial charge in [-0.1, -0.05) is 53.8 Å². The first-order valence-electron chi connectivity index (χ1n) is 10.5. The van der Waals surface area contributed by atoms with E-state index in [0.717, 1.165) is 38.0 Å². The van der Waals surface area contributed by atoms with Gasteiger partial charge >= 0.3 is 5.97 Å². The topological polar surface area (TPSA) is 75.5 Å². The lowest BCUT2D eigenvalue weighted by Gasteiger charge is -2.30. The molecule has 0 bridgehead atoms. The van der Waals surface area contributed by atoms with Crippen molar-refractivity contribution in [1.82, 2.24) is 9.97 Å². The lowest BCUT2D eigenvalue weighted by atomic mass is 10.0. The number of rotatable bonds is 5. The summed E-state index contributed by atoms with van der Waals surface area (Å²) < 4.78 is 18.6. The van der Waals surface area contributed by atoms with Gasteiger partial charge in [0.25, 0.3) is 0 Å². The smallest absolute Gasteiger partial charge is 0.334 e. The Morgan fingerprint density at radius 1 is 1.03 bits per heavy atom. The molecule has 4 aromatic rings. The average molecular weight is 462 g/mol. The van der Waals surface area contributed by atoms with Crippen LogP contribution < -0.4 is 4.90 Å². The van der Waals surface area contributed by atoms with Crippen molar-refractivity contribution in [3.8, 4) is 32.8 Å². The number of pyridine rings is 1. The van der Waals surface area contributed by atoms with Gasteiger partial charge in [-0.25, -0.2) is 14.2 Å². The standard InChI is InChI=1S/C25H20FN3O3S/c26-20-9-7-17(8-10-20)16-3-5-18(6-4-16)22-23(19-2-1-11-27-14-19)33-25(28-22)29-12-13-32-21(15-29)24(30)31/h1-11,14,21H,12-13,15H2,(H,30,31). The summed E-state index contributed by atoms with van der Waals surface area (Å²) in [6.45, 7) is 1.16. The number of hydrogen-bond donors (Lipinski definition) is 1. The first-order chi connectivity index (χ1) is 16.1. The summed E-state index contributed by atoms with van der Waals surface area (Å²) in [4.78, 5) is 23.5. The van der Waals surface area contributed by atoms with Crippen LogP contribution in [-0.4, -0.2) is 46.8 Å². The Bertz CT molecular complexity index is 1260. The molecule has 1 unspecified atom stereocenters. The summed E-state index contributed by atoms with van der Waals surface area (Å²) >= 11 is 1.51. The molecule has 1 saturated heterocycles. The van der Waals surface area contributed by atoms with Crippen molar-refractivity contribution in [2.75, 3.05) is 24.6 Å². The number of carbonyl (C=O) groups is 1. The lowest BCUT2D eigenvalue weighted by Crippen LogP contribution is -2.46. The molecule has 0 spiro atoms. The third-order valence-electron chi connectivity index (χ3n) is 5.49. The highest BCUT2D eigenvalue weighted by molar-refractivity contribution is 7.19. The van der Waals surface area contributed by atoms with Crippen LogP contribution in [0, 0.1) is 5.82 Å². The molecule has 3 heterocycles. The molecule has 0 radical (unpaired) electrons. The van der Waals surface area contributed by atoms with E-state index in [9.17, 15) is 14.3 Å². The van der Waals surface area contributed by atoms with Crippen molar-refractivity contribution < 1.29 is 19.0 Å². The highest BCUT2D eigenvalue weighted by Crippen LogP contribution is 2.41. The molecule has 2 aromatic heterocycles. The number of nitrogens with zero attached hydrogens (tertiary/aromatic N) is 3. The van der Waals surface area contributed by atoms with Crippen molar-refractivity contribution in [2.24, 2.45) is 0 Å². The minimum Gasteiger partial charge on any atom is -0.479 e. The summed E-state index contributed by atoms with van der Waals surface area (Å²) in [7, 11) is 0.